The van der Waals surface area contributed by atoms with Crippen molar-refractivity contribution in [2.75, 3.05) is 24.5 Å². The van der Waals surface area contributed by atoms with Crippen LogP contribution in [0.3, 0.4) is 0 Å². The van der Waals surface area contributed by atoms with Crippen molar-refractivity contribution in [2.45, 2.75) is 37.2 Å². The zero-order valence-corrected chi connectivity index (χ0v) is 27.4. The quantitative estimate of drug-likeness (QED) is 0.169. The highest BCUT2D eigenvalue weighted by atomic mass is 35.5. The van der Waals surface area contributed by atoms with Crippen molar-refractivity contribution in [3.63, 3.8) is 0 Å². The van der Waals surface area contributed by atoms with Crippen molar-refractivity contribution in [3.05, 3.63) is 124 Å². The van der Waals surface area contributed by atoms with Crippen LogP contribution in [0.4, 0.5) is 5.69 Å². The van der Waals surface area contributed by atoms with Crippen LogP contribution in [-0.2, 0) is 32.6 Å². The van der Waals surface area contributed by atoms with Crippen LogP contribution in [-0.4, -0.2) is 51.4 Å². The molecule has 0 spiro atoms. The highest BCUT2D eigenvalue weighted by Gasteiger charge is 2.35. The van der Waals surface area contributed by atoms with Gasteiger partial charge in [0, 0.05) is 35.1 Å². The van der Waals surface area contributed by atoms with Gasteiger partial charge in [0.25, 0.3) is 10.0 Å². The zero-order chi connectivity index (χ0) is 32.4. The number of hydrogen-bond acceptors (Lipinski definition) is 5. The van der Waals surface area contributed by atoms with E-state index < -0.39 is 28.5 Å². The van der Waals surface area contributed by atoms with E-state index in [1.807, 2.05) is 37.3 Å². The molecule has 0 unspecified atom stereocenters. The summed E-state index contributed by atoms with van der Waals surface area (Å²) < 4.78 is 34.4. The summed E-state index contributed by atoms with van der Waals surface area (Å²) >= 11 is 13.1. The Morgan fingerprint density at radius 1 is 0.844 bits per heavy atom. The lowest BCUT2D eigenvalue weighted by Crippen LogP contribution is -2.53. The first kappa shape index (κ1) is 33.8. The van der Waals surface area contributed by atoms with Crippen molar-refractivity contribution in [3.8, 4) is 5.75 Å². The second-order valence-corrected chi connectivity index (χ2v) is 12.9. The Labute approximate surface area is 274 Å². The number of para-hydroxylation sites is 1. The molecule has 0 saturated heterocycles. The number of rotatable bonds is 14. The summed E-state index contributed by atoms with van der Waals surface area (Å²) in [6.07, 6.45) is 0.872. The molecule has 8 nitrogen and oxygen atoms in total. The van der Waals surface area contributed by atoms with Crippen molar-refractivity contribution in [1.82, 2.24) is 10.2 Å². The maximum Gasteiger partial charge on any atom is 0.264 e. The minimum atomic E-state index is -4.24. The molecule has 0 fully saturated rings. The average molecular weight is 669 g/mol. The van der Waals surface area contributed by atoms with Crippen LogP contribution in [0, 0.1) is 0 Å². The molecular weight excluding hydrogens is 633 g/mol. The first-order valence-corrected chi connectivity index (χ1v) is 16.6. The van der Waals surface area contributed by atoms with Gasteiger partial charge in [-0.2, -0.15) is 0 Å². The number of halogens is 2. The lowest BCUT2D eigenvalue weighted by Gasteiger charge is -2.34. The second kappa shape index (κ2) is 15.8. The Balaban J connectivity index is 1.81. The number of carbonyl (C=O) groups excluding carboxylic acids is 2. The number of carbonyl (C=O) groups is 2. The van der Waals surface area contributed by atoms with Gasteiger partial charge in [0.05, 0.1) is 17.7 Å². The summed E-state index contributed by atoms with van der Waals surface area (Å²) in [6.45, 7) is 1.62. The molecule has 1 N–H and O–H groups in total. The Morgan fingerprint density at radius 3 is 2.02 bits per heavy atom. The Kier molecular flexibility index (Phi) is 11.9. The fourth-order valence-electron chi connectivity index (χ4n) is 4.77. The van der Waals surface area contributed by atoms with Gasteiger partial charge >= 0.3 is 0 Å². The number of amides is 2. The SMILES string of the molecule is CCCNC(=O)[C@H](Cc1ccccc1)N(Cc1c(Cl)cccc1Cl)C(=O)CN(c1ccccc1)S(=O)(=O)c1ccc(OC)cc1. The third-order valence-corrected chi connectivity index (χ3v) is 9.68. The monoisotopic (exact) mass is 667 g/mol. The fourth-order valence-corrected chi connectivity index (χ4v) is 6.70. The summed E-state index contributed by atoms with van der Waals surface area (Å²) in [5.74, 6) is -0.498. The first-order chi connectivity index (χ1) is 21.6. The molecule has 0 aliphatic rings. The molecule has 4 aromatic carbocycles. The molecule has 0 saturated carbocycles. The summed E-state index contributed by atoms with van der Waals surface area (Å²) in [5, 5.41) is 3.55. The molecule has 236 valence electrons. The number of nitrogens with one attached hydrogen (secondary N) is 1. The molecule has 1 atom stereocenters. The molecule has 0 aromatic heterocycles. The van der Waals surface area contributed by atoms with Gasteiger partial charge in [0.15, 0.2) is 0 Å². The normalized spacial score (nSPS) is 11.8. The average Bonchev–Trinajstić information content (AvgIpc) is 3.06. The molecule has 4 aromatic rings. The fraction of sp³-hybridized carbons (Fsp3) is 0.235. The lowest BCUT2D eigenvalue weighted by atomic mass is 10.0. The molecule has 0 radical (unpaired) electrons. The van der Waals surface area contributed by atoms with E-state index in [0.717, 1.165) is 9.87 Å². The number of sulfonamides is 1. The summed E-state index contributed by atoms with van der Waals surface area (Å²) in [6, 6.07) is 27.6. The number of benzene rings is 4. The lowest BCUT2D eigenvalue weighted by molar-refractivity contribution is -0.140. The molecule has 0 aliphatic carbocycles. The van der Waals surface area contributed by atoms with Crippen LogP contribution in [0.25, 0.3) is 0 Å². The molecule has 0 bridgehead atoms. The molecule has 11 heteroatoms. The Hall–Kier alpha value is -4.05. The second-order valence-electron chi connectivity index (χ2n) is 10.2. The van der Waals surface area contributed by atoms with Gasteiger partial charge in [-0.05, 0) is 60.5 Å². The van der Waals surface area contributed by atoms with E-state index in [9.17, 15) is 18.0 Å². The van der Waals surface area contributed by atoms with E-state index >= 15 is 0 Å². The van der Waals surface area contributed by atoms with E-state index in [1.54, 1.807) is 48.5 Å². The largest absolute Gasteiger partial charge is 0.497 e. The maximum atomic E-state index is 14.5. The van der Waals surface area contributed by atoms with Gasteiger partial charge in [-0.3, -0.25) is 13.9 Å². The molecular formula is C34H35Cl2N3O5S. The van der Waals surface area contributed by atoms with Crippen LogP contribution in [0.1, 0.15) is 24.5 Å². The molecule has 0 heterocycles. The number of methoxy groups -OCH3 is 1. The van der Waals surface area contributed by atoms with Gasteiger partial charge in [-0.15, -0.1) is 0 Å². The van der Waals surface area contributed by atoms with Crippen LogP contribution in [0.15, 0.2) is 108 Å². The minimum absolute atomic E-state index is 0.0258. The maximum absolute atomic E-state index is 14.5. The van der Waals surface area contributed by atoms with E-state index in [0.29, 0.717) is 34.3 Å². The first-order valence-electron chi connectivity index (χ1n) is 14.4. The van der Waals surface area contributed by atoms with Gasteiger partial charge in [-0.1, -0.05) is 84.7 Å². The smallest absolute Gasteiger partial charge is 0.264 e. The van der Waals surface area contributed by atoms with Gasteiger partial charge < -0.3 is 15.0 Å². The summed E-state index contributed by atoms with van der Waals surface area (Å²) in [7, 11) is -2.75. The third-order valence-electron chi connectivity index (χ3n) is 7.18. The molecule has 0 aliphatic heterocycles. The summed E-state index contributed by atoms with van der Waals surface area (Å²) in [5.41, 5.74) is 1.55. The predicted octanol–water partition coefficient (Wildman–Crippen LogP) is 6.36. The number of anilines is 1. The van der Waals surface area contributed by atoms with Crippen molar-refractivity contribution in [1.29, 1.82) is 0 Å². The third kappa shape index (κ3) is 8.57. The molecule has 2 amide bonds. The van der Waals surface area contributed by atoms with Crippen molar-refractivity contribution >= 4 is 50.7 Å². The van der Waals surface area contributed by atoms with Crippen molar-refractivity contribution in [2.24, 2.45) is 0 Å². The Bertz CT molecular complexity index is 1670. The van der Waals surface area contributed by atoms with Crippen LogP contribution < -0.4 is 14.4 Å². The highest BCUT2D eigenvalue weighted by Crippen LogP contribution is 2.29. The van der Waals surface area contributed by atoms with E-state index in [-0.39, 0.29) is 29.5 Å². The Morgan fingerprint density at radius 2 is 1.44 bits per heavy atom. The van der Waals surface area contributed by atoms with Gasteiger partial charge in [0.1, 0.15) is 18.3 Å². The van der Waals surface area contributed by atoms with E-state index in [4.69, 9.17) is 27.9 Å². The standard InChI is InChI=1S/C34H35Cl2N3O5S/c1-3-21-37-34(41)32(22-25-11-6-4-7-12-25)38(23-29-30(35)15-10-16-31(29)36)33(40)24-39(26-13-8-5-9-14-26)45(42,43)28-19-17-27(44-2)18-20-28/h4-20,32H,3,21-24H2,1-2H3,(H,37,41)/t32-/m0/s1. The number of hydrogen-bond donors (Lipinski definition) is 1. The van der Waals surface area contributed by atoms with Gasteiger partial charge in [-0.25, -0.2) is 8.42 Å². The molecule has 45 heavy (non-hydrogen) atoms. The minimum Gasteiger partial charge on any atom is -0.497 e. The van der Waals surface area contributed by atoms with Crippen LogP contribution >= 0.6 is 23.2 Å². The zero-order valence-electron chi connectivity index (χ0n) is 25.0. The summed E-state index contributed by atoms with van der Waals surface area (Å²) in [4.78, 5) is 29.5. The van der Waals surface area contributed by atoms with Gasteiger partial charge in [0.2, 0.25) is 11.8 Å². The van der Waals surface area contributed by atoms with Crippen LogP contribution in [0.5, 0.6) is 5.75 Å². The predicted molar refractivity (Wildman–Crippen MR) is 178 cm³/mol. The van der Waals surface area contributed by atoms with E-state index in [1.165, 1.54) is 36.3 Å². The highest BCUT2D eigenvalue weighted by molar-refractivity contribution is 7.92. The molecule has 4 rings (SSSR count). The van der Waals surface area contributed by atoms with Crippen LogP contribution in [0.2, 0.25) is 10.0 Å². The number of ether oxygens (including phenoxy) is 1. The van der Waals surface area contributed by atoms with Crippen molar-refractivity contribution < 1.29 is 22.7 Å². The topological polar surface area (TPSA) is 96.0 Å². The number of nitrogens with zero attached hydrogens (tertiary/aromatic N) is 2. The van der Waals surface area contributed by atoms with E-state index in [2.05, 4.69) is 5.32 Å².